The highest BCUT2D eigenvalue weighted by atomic mass is 16.5. The third-order valence-electron chi connectivity index (χ3n) is 2.60. The highest BCUT2D eigenvalue weighted by molar-refractivity contribution is 5.97. The molecule has 0 radical (unpaired) electrons. The van der Waals surface area contributed by atoms with E-state index < -0.39 is 0 Å². The van der Waals surface area contributed by atoms with Gasteiger partial charge in [-0.15, -0.1) is 0 Å². The Morgan fingerprint density at radius 1 is 1.16 bits per heavy atom. The Labute approximate surface area is 110 Å². The molecule has 4 N–H and O–H groups in total. The Hall–Kier alpha value is -2.69. The molecule has 0 saturated heterocycles. The van der Waals surface area contributed by atoms with Gasteiger partial charge >= 0.3 is 0 Å². The van der Waals surface area contributed by atoms with E-state index in [1.165, 1.54) is 0 Å². The second-order valence-electron chi connectivity index (χ2n) is 4.08. The third kappa shape index (κ3) is 2.95. The summed E-state index contributed by atoms with van der Waals surface area (Å²) in [5, 5.41) is 21.2. The summed E-state index contributed by atoms with van der Waals surface area (Å²) in [6.07, 6.45) is 0. The van der Waals surface area contributed by atoms with Gasteiger partial charge < -0.3 is 20.8 Å². The molecule has 0 aliphatic carbocycles. The van der Waals surface area contributed by atoms with Crippen molar-refractivity contribution in [2.45, 2.75) is 6.92 Å². The van der Waals surface area contributed by atoms with Gasteiger partial charge in [0.25, 0.3) is 0 Å². The van der Waals surface area contributed by atoms with Crippen molar-refractivity contribution in [2.75, 3.05) is 0 Å². The van der Waals surface area contributed by atoms with Gasteiger partial charge in [0.2, 0.25) is 0 Å². The molecule has 2 rings (SSSR count). The van der Waals surface area contributed by atoms with Crippen LogP contribution in [0.3, 0.4) is 0 Å². The standard InChI is InChI=1S/C14H14N2O3/c1-9-2-7-13(12(17)8-9)19-11-5-3-10(4-6-11)14(15)16-18/h2-8,17-18H,1H3,(H2,15,16). The third-order valence-corrected chi connectivity index (χ3v) is 2.60. The lowest BCUT2D eigenvalue weighted by Gasteiger charge is -2.08. The number of phenols is 1. The molecule has 0 bridgehead atoms. The first kappa shape index (κ1) is 12.8. The number of aromatic hydroxyl groups is 1. The molecule has 0 aromatic heterocycles. The van der Waals surface area contributed by atoms with E-state index in [0.717, 1.165) is 5.56 Å². The van der Waals surface area contributed by atoms with Crippen LogP contribution in [0.1, 0.15) is 11.1 Å². The molecule has 2 aromatic rings. The van der Waals surface area contributed by atoms with Crippen LogP contribution in [-0.4, -0.2) is 16.1 Å². The SMILES string of the molecule is Cc1ccc(Oc2ccc(/C(N)=N/O)cc2)c(O)c1. The van der Waals surface area contributed by atoms with E-state index in [1.807, 2.05) is 13.0 Å². The number of oxime groups is 1. The minimum atomic E-state index is 0.0322. The second kappa shape index (κ2) is 5.30. The van der Waals surface area contributed by atoms with Crippen LogP contribution in [0.25, 0.3) is 0 Å². The largest absolute Gasteiger partial charge is 0.504 e. The van der Waals surface area contributed by atoms with Crippen molar-refractivity contribution < 1.29 is 15.1 Å². The zero-order valence-corrected chi connectivity index (χ0v) is 10.4. The maximum atomic E-state index is 9.74. The van der Waals surface area contributed by atoms with E-state index in [0.29, 0.717) is 17.1 Å². The molecule has 0 saturated carbocycles. The summed E-state index contributed by atoms with van der Waals surface area (Å²) in [7, 11) is 0. The van der Waals surface area contributed by atoms with Gasteiger partial charge in [0.1, 0.15) is 5.75 Å². The van der Waals surface area contributed by atoms with Gasteiger partial charge in [-0.25, -0.2) is 0 Å². The summed E-state index contributed by atoms with van der Waals surface area (Å²) >= 11 is 0. The van der Waals surface area contributed by atoms with Gasteiger partial charge in [-0.05, 0) is 48.9 Å². The molecular formula is C14H14N2O3. The molecule has 5 heteroatoms. The van der Waals surface area contributed by atoms with Crippen molar-refractivity contribution >= 4 is 5.84 Å². The Morgan fingerprint density at radius 3 is 2.42 bits per heavy atom. The Kier molecular flexibility index (Phi) is 3.56. The van der Waals surface area contributed by atoms with Crippen molar-refractivity contribution in [3.05, 3.63) is 53.6 Å². The van der Waals surface area contributed by atoms with E-state index in [4.69, 9.17) is 15.7 Å². The molecular weight excluding hydrogens is 244 g/mol. The summed E-state index contributed by atoms with van der Waals surface area (Å²) in [6.45, 7) is 1.88. The second-order valence-corrected chi connectivity index (χ2v) is 4.08. The lowest BCUT2D eigenvalue weighted by atomic mass is 10.2. The van der Waals surface area contributed by atoms with Gasteiger partial charge in [-0.2, -0.15) is 0 Å². The average Bonchev–Trinajstić information content (AvgIpc) is 2.42. The van der Waals surface area contributed by atoms with E-state index in [-0.39, 0.29) is 11.6 Å². The number of rotatable bonds is 3. The lowest BCUT2D eigenvalue weighted by molar-refractivity contribution is 0.318. The number of amidine groups is 1. The zero-order chi connectivity index (χ0) is 13.8. The van der Waals surface area contributed by atoms with Crippen LogP contribution in [0, 0.1) is 6.92 Å². The summed E-state index contributed by atoms with van der Waals surface area (Å²) in [4.78, 5) is 0. The first-order chi connectivity index (χ1) is 9.10. The predicted molar refractivity (Wildman–Crippen MR) is 71.9 cm³/mol. The van der Waals surface area contributed by atoms with Crippen molar-refractivity contribution in [3.63, 3.8) is 0 Å². The van der Waals surface area contributed by atoms with Crippen LogP contribution in [0.5, 0.6) is 17.2 Å². The van der Waals surface area contributed by atoms with Crippen LogP contribution < -0.4 is 10.5 Å². The fourth-order valence-corrected chi connectivity index (χ4v) is 1.59. The molecule has 19 heavy (non-hydrogen) atoms. The summed E-state index contributed by atoms with van der Waals surface area (Å²) in [5.74, 6) is 1.04. The lowest BCUT2D eigenvalue weighted by Crippen LogP contribution is -2.12. The molecule has 0 heterocycles. The van der Waals surface area contributed by atoms with E-state index >= 15 is 0 Å². The van der Waals surface area contributed by atoms with Gasteiger partial charge in [-0.3, -0.25) is 0 Å². The van der Waals surface area contributed by atoms with Crippen molar-refractivity contribution in [1.82, 2.24) is 0 Å². The number of aryl methyl sites for hydroxylation is 1. The number of hydrogen-bond donors (Lipinski definition) is 3. The normalized spacial score (nSPS) is 11.3. The number of nitrogens with two attached hydrogens (primary N) is 1. The van der Waals surface area contributed by atoms with Gasteiger partial charge in [0.15, 0.2) is 17.3 Å². The van der Waals surface area contributed by atoms with Crippen molar-refractivity contribution in [1.29, 1.82) is 0 Å². The monoisotopic (exact) mass is 258 g/mol. The molecule has 0 aliphatic rings. The molecule has 5 nitrogen and oxygen atoms in total. The molecule has 2 aromatic carbocycles. The van der Waals surface area contributed by atoms with Crippen molar-refractivity contribution in [2.24, 2.45) is 10.9 Å². The first-order valence-corrected chi connectivity index (χ1v) is 5.65. The highest BCUT2D eigenvalue weighted by Crippen LogP contribution is 2.31. The van der Waals surface area contributed by atoms with E-state index in [1.54, 1.807) is 36.4 Å². The smallest absolute Gasteiger partial charge is 0.170 e. The Bertz CT molecular complexity index is 607. The number of hydrogen-bond acceptors (Lipinski definition) is 4. The topological polar surface area (TPSA) is 88.1 Å². The summed E-state index contributed by atoms with van der Waals surface area (Å²) < 4.78 is 5.54. The molecule has 98 valence electrons. The van der Waals surface area contributed by atoms with Gasteiger partial charge in [0, 0.05) is 5.56 Å². The number of benzene rings is 2. The summed E-state index contributed by atoms with van der Waals surface area (Å²) in [5.41, 5.74) is 6.99. The molecule has 0 atom stereocenters. The molecule has 0 amide bonds. The summed E-state index contributed by atoms with van der Waals surface area (Å²) in [6, 6.07) is 11.8. The van der Waals surface area contributed by atoms with Crippen LogP contribution in [-0.2, 0) is 0 Å². The van der Waals surface area contributed by atoms with E-state index in [2.05, 4.69) is 5.16 Å². The number of phenolic OH excluding ortho intramolecular Hbond substituents is 1. The number of ether oxygens (including phenoxy) is 1. The molecule has 0 fully saturated rings. The molecule has 0 spiro atoms. The van der Waals surface area contributed by atoms with Crippen LogP contribution in [0.4, 0.5) is 0 Å². The Balaban J connectivity index is 2.20. The molecule has 0 aliphatic heterocycles. The van der Waals surface area contributed by atoms with E-state index in [9.17, 15) is 5.11 Å². The number of nitrogens with zero attached hydrogens (tertiary/aromatic N) is 1. The van der Waals surface area contributed by atoms with Crippen molar-refractivity contribution in [3.8, 4) is 17.2 Å². The quantitative estimate of drug-likeness (QED) is 0.342. The Morgan fingerprint density at radius 2 is 1.84 bits per heavy atom. The fraction of sp³-hybridized carbons (Fsp3) is 0.0714. The maximum absolute atomic E-state index is 9.74. The average molecular weight is 258 g/mol. The fourth-order valence-electron chi connectivity index (χ4n) is 1.59. The van der Waals surface area contributed by atoms with Crippen LogP contribution in [0.2, 0.25) is 0 Å². The maximum Gasteiger partial charge on any atom is 0.170 e. The minimum absolute atomic E-state index is 0.0322. The molecule has 0 unspecified atom stereocenters. The zero-order valence-electron chi connectivity index (χ0n) is 10.4. The van der Waals surface area contributed by atoms with Crippen LogP contribution >= 0.6 is 0 Å². The minimum Gasteiger partial charge on any atom is -0.504 e. The predicted octanol–water partition coefficient (Wildman–Crippen LogP) is 2.59. The highest BCUT2D eigenvalue weighted by Gasteiger charge is 2.05. The first-order valence-electron chi connectivity index (χ1n) is 5.65. The van der Waals surface area contributed by atoms with Gasteiger partial charge in [-0.1, -0.05) is 11.2 Å². The van der Waals surface area contributed by atoms with Gasteiger partial charge in [0.05, 0.1) is 0 Å². The van der Waals surface area contributed by atoms with Crippen LogP contribution in [0.15, 0.2) is 47.6 Å².